The number of nitrogens with zero attached hydrogens (tertiary/aromatic N) is 2. The molecular formula is C24H42IN5O2. The molecule has 0 radical (unpaired) electrons. The van der Waals surface area contributed by atoms with Crippen LogP contribution in [0.25, 0.3) is 0 Å². The number of amides is 1. The second-order valence-corrected chi connectivity index (χ2v) is 9.17. The maximum Gasteiger partial charge on any atom is 0.412 e. The van der Waals surface area contributed by atoms with Gasteiger partial charge < -0.3 is 20.3 Å². The number of carbonyl (C=O) groups excluding carboxylic acids is 1. The van der Waals surface area contributed by atoms with Gasteiger partial charge in [-0.25, -0.2) is 4.79 Å². The highest BCUT2D eigenvalue weighted by molar-refractivity contribution is 14.0. The minimum absolute atomic E-state index is 0. The third-order valence-corrected chi connectivity index (χ3v) is 5.53. The number of rotatable bonds is 8. The first-order chi connectivity index (χ1) is 14.8. The van der Waals surface area contributed by atoms with Crippen molar-refractivity contribution >= 4 is 41.7 Å². The molecule has 3 N–H and O–H groups in total. The molecule has 1 amide bonds. The summed E-state index contributed by atoms with van der Waals surface area (Å²) in [4.78, 5) is 18.7. The summed E-state index contributed by atoms with van der Waals surface area (Å²) in [5.74, 6) is 1.68. The largest absolute Gasteiger partial charge is 0.444 e. The highest BCUT2D eigenvalue weighted by atomic mass is 127. The number of nitrogens with one attached hydrogen (secondary N) is 3. The number of hydrogen-bond donors (Lipinski definition) is 3. The molecule has 0 bridgehead atoms. The van der Waals surface area contributed by atoms with Crippen molar-refractivity contribution in [1.29, 1.82) is 0 Å². The van der Waals surface area contributed by atoms with Gasteiger partial charge in [-0.05, 0) is 89.7 Å². The highest BCUT2D eigenvalue weighted by Crippen LogP contribution is 2.19. The minimum Gasteiger partial charge on any atom is -0.444 e. The number of ether oxygens (including phenoxy) is 1. The molecule has 1 fully saturated rings. The van der Waals surface area contributed by atoms with Crippen molar-refractivity contribution < 1.29 is 9.53 Å². The Bertz CT molecular complexity index is 695. The van der Waals surface area contributed by atoms with Crippen LogP contribution in [0.1, 0.15) is 52.5 Å². The second-order valence-electron chi connectivity index (χ2n) is 9.17. The Morgan fingerprint density at radius 2 is 1.75 bits per heavy atom. The van der Waals surface area contributed by atoms with E-state index >= 15 is 0 Å². The molecule has 1 aromatic rings. The van der Waals surface area contributed by atoms with E-state index in [1.807, 2.05) is 52.1 Å². The smallest absolute Gasteiger partial charge is 0.412 e. The zero-order chi connectivity index (χ0) is 22.7. The third kappa shape index (κ3) is 11.4. The zero-order valence-electron chi connectivity index (χ0n) is 20.4. The van der Waals surface area contributed by atoms with Crippen LogP contribution in [0.2, 0.25) is 0 Å². The average molecular weight is 560 g/mol. The van der Waals surface area contributed by atoms with Crippen molar-refractivity contribution in [2.45, 2.75) is 59.0 Å². The van der Waals surface area contributed by atoms with Crippen LogP contribution in [0.15, 0.2) is 29.3 Å². The molecule has 0 unspecified atom stereocenters. The van der Waals surface area contributed by atoms with Gasteiger partial charge in [-0.3, -0.25) is 10.3 Å². The summed E-state index contributed by atoms with van der Waals surface area (Å²) in [6.45, 7) is 13.2. The quantitative estimate of drug-likeness (QED) is 0.249. The van der Waals surface area contributed by atoms with E-state index in [9.17, 15) is 4.79 Å². The van der Waals surface area contributed by atoms with Gasteiger partial charge >= 0.3 is 6.09 Å². The predicted molar refractivity (Wildman–Crippen MR) is 144 cm³/mol. The molecule has 1 aromatic carbocycles. The molecule has 1 aliphatic rings. The molecule has 1 heterocycles. The van der Waals surface area contributed by atoms with Gasteiger partial charge in [-0.2, -0.15) is 0 Å². The van der Waals surface area contributed by atoms with E-state index in [0.717, 1.165) is 37.1 Å². The minimum atomic E-state index is -0.505. The van der Waals surface area contributed by atoms with Gasteiger partial charge in [0.25, 0.3) is 0 Å². The first-order valence-electron chi connectivity index (χ1n) is 11.5. The van der Waals surface area contributed by atoms with Crippen LogP contribution >= 0.6 is 24.0 Å². The van der Waals surface area contributed by atoms with E-state index in [-0.39, 0.29) is 24.0 Å². The molecule has 0 saturated carbocycles. The molecule has 0 aliphatic carbocycles. The zero-order valence-corrected chi connectivity index (χ0v) is 22.7. The topological polar surface area (TPSA) is 78.0 Å². The Morgan fingerprint density at radius 3 is 2.31 bits per heavy atom. The van der Waals surface area contributed by atoms with Crippen LogP contribution in [-0.2, 0) is 11.2 Å². The van der Waals surface area contributed by atoms with E-state index in [4.69, 9.17) is 4.74 Å². The number of piperidine rings is 1. The summed E-state index contributed by atoms with van der Waals surface area (Å²) in [6.07, 6.45) is 4.25. The molecule has 0 spiro atoms. The number of carbonyl (C=O) groups is 1. The maximum atomic E-state index is 11.8. The van der Waals surface area contributed by atoms with Gasteiger partial charge in [-0.15, -0.1) is 24.0 Å². The Morgan fingerprint density at radius 1 is 1.12 bits per heavy atom. The Hall–Kier alpha value is -1.55. The number of guanidine groups is 1. The number of likely N-dealkylation sites (tertiary alicyclic amines) is 1. The number of benzene rings is 1. The van der Waals surface area contributed by atoms with Crippen LogP contribution in [-0.4, -0.2) is 62.3 Å². The van der Waals surface area contributed by atoms with Crippen molar-refractivity contribution in [2.75, 3.05) is 45.1 Å². The fraction of sp³-hybridized carbons (Fsp3) is 0.667. The average Bonchev–Trinajstić information content (AvgIpc) is 2.73. The van der Waals surface area contributed by atoms with Gasteiger partial charge in [0.2, 0.25) is 0 Å². The Labute approximate surface area is 211 Å². The van der Waals surface area contributed by atoms with Crippen LogP contribution in [0.3, 0.4) is 0 Å². The SMILES string of the molecule is CCN1CCC(CCNC(=NC)NCCc2ccc(NC(=O)OC(C)(C)C)cc2)CC1.I. The van der Waals surface area contributed by atoms with Gasteiger partial charge in [0.05, 0.1) is 0 Å². The van der Waals surface area contributed by atoms with E-state index in [2.05, 4.69) is 32.8 Å². The van der Waals surface area contributed by atoms with Crippen molar-refractivity contribution in [3.63, 3.8) is 0 Å². The Kier molecular flexibility index (Phi) is 13.0. The van der Waals surface area contributed by atoms with Crippen LogP contribution < -0.4 is 16.0 Å². The van der Waals surface area contributed by atoms with Gasteiger partial charge in [0.15, 0.2) is 5.96 Å². The fourth-order valence-electron chi connectivity index (χ4n) is 3.71. The molecule has 8 heteroatoms. The summed E-state index contributed by atoms with van der Waals surface area (Å²) in [5.41, 5.74) is 1.42. The van der Waals surface area contributed by atoms with Crippen molar-refractivity contribution in [3.05, 3.63) is 29.8 Å². The number of aliphatic imine (C=N–C) groups is 1. The van der Waals surface area contributed by atoms with E-state index in [1.54, 1.807) is 0 Å². The second kappa shape index (κ2) is 14.6. The normalized spacial score (nSPS) is 15.6. The molecule has 1 aliphatic heterocycles. The summed E-state index contributed by atoms with van der Waals surface area (Å²) in [6, 6.07) is 7.84. The molecule has 32 heavy (non-hydrogen) atoms. The number of halogens is 1. The lowest BCUT2D eigenvalue weighted by Crippen LogP contribution is -2.40. The summed E-state index contributed by atoms with van der Waals surface area (Å²) in [7, 11) is 1.81. The predicted octanol–water partition coefficient (Wildman–Crippen LogP) is 4.48. The van der Waals surface area contributed by atoms with Crippen molar-refractivity contribution in [2.24, 2.45) is 10.9 Å². The van der Waals surface area contributed by atoms with Crippen molar-refractivity contribution in [1.82, 2.24) is 15.5 Å². The van der Waals surface area contributed by atoms with Gasteiger partial charge in [0.1, 0.15) is 5.60 Å². The first kappa shape index (κ1) is 28.5. The molecule has 1 saturated heterocycles. The van der Waals surface area contributed by atoms with Crippen molar-refractivity contribution in [3.8, 4) is 0 Å². The molecule has 0 atom stereocenters. The molecule has 182 valence electrons. The number of anilines is 1. The summed E-state index contributed by atoms with van der Waals surface area (Å²) in [5, 5.41) is 9.58. The number of hydrogen-bond acceptors (Lipinski definition) is 4. The van der Waals surface area contributed by atoms with E-state index < -0.39 is 11.7 Å². The van der Waals surface area contributed by atoms with Gasteiger partial charge in [-0.1, -0.05) is 19.1 Å². The lowest BCUT2D eigenvalue weighted by Gasteiger charge is -2.31. The van der Waals surface area contributed by atoms with Crippen LogP contribution in [0.4, 0.5) is 10.5 Å². The highest BCUT2D eigenvalue weighted by Gasteiger charge is 2.18. The monoisotopic (exact) mass is 559 g/mol. The molecular weight excluding hydrogens is 517 g/mol. The summed E-state index contributed by atoms with van der Waals surface area (Å²) >= 11 is 0. The molecule has 0 aromatic heterocycles. The van der Waals surface area contributed by atoms with Crippen LogP contribution in [0, 0.1) is 5.92 Å². The van der Waals surface area contributed by atoms with Crippen LogP contribution in [0.5, 0.6) is 0 Å². The lowest BCUT2D eigenvalue weighted by molar-refractivity contribution is 0.0636. The van der Waals surface area contributed by atoms with E-state index in [0.29, 0.717) is 0 Å². The third-order valence-electron chi connectivity index (χ3n) is 5.53. The summed E-state index contributed by atoms with van der Waals surface area (Å²) < 4.78 is 5.27. The maximum absolute atomic E-state index is 11.8. The van der Waals surface area contributed by atoms with Gasteiger partial charge in [0, 0.05) is 25.8 Å². The Balaban J connectivity index is 0.00000512. The molecule has 7 nitrogen and oxygen atoms in total. The first-order valence-corrected chi connectivity index (χ1v) is 11.5. The van der Waals surface area contributed by atoms with E-state index in [1.165, 1.54) is 44.5 Å². The lowest BCUT2D eigenvalue weighted by atomic mass is 9.93. The molecule has 2 rings (SSSR count). The standard InChI is InChI=1S/C24H41N5O2.HI/c1-6-29-17-13-20(14-18-29)12-16-27-22(25-5)26-15-11-19-7-9-21(10-8-19)28-23(30)31-24(2,3)4;/h7-10,20H,6,11-18H2,1-5H3,(H,28,30)(H2,25,26,27);1H. The fourth-order valence-corrected chi connectivity index (χ4v) is 3.71.